The maximum Gasteiger partial charge on any atom is 0.238 e. The van der Waals surface area contributed by atoms with Crippen molar-refractivity contribution in [2.75, 3.05) is 5.73 Å². The predicted octanol–water partition coefficient (Wildman–Crippen LogP) is 4.42. The zero-order valence-corrected chi connectivity index (χ0v) is 12.5. The molecule has 0 unspecified atom stereocenters. The van der Waals surface area contributed by atoms with Crippen LogP contribution in [0.3, 0.4) is 0 Å². The second kappa shape index (κ2) is 5.26. The topological polar surface area (TPSA) is 61.0 Å². The van der Waals surface area contributed by atoms with Crippen LogP contribution in [0, 0.1) is 0 Å². The quantitative estimate of drug-likeness (QED) is 0.695. The molecular weight excluding hydrogens is 342 g/mol. The lowest BCUT2D eigenvalue weighted by molar-refractivity contribution is 0.467. The van der Waals surface area contributed by atoms with E-state index in [1.807, 2.05) is 12.1 Å². The van der Waals surface area contributed by atoms with Gasteiger partial charge in [0, 0.05) is 27.9 Å². The standard InChI is InChI=1S/C14H9BrClN3O/c15-8-6-10(16)14(19-7-8)20-12-4-3-11(17)9-2-1-5-18-13(9)12/h1-7H,17H2. The van der Waals surface area contributed by atoms with Crippen LogP contribution in [-0.4, -0.2) is 9.97 Å². The van der Waals surface area contributed by atoms with E-state index in [9.17, 15) is 0 Å². The smallest absolute Gasteiger partial charge is 0.238 e. The molecular formula is C14H9BrClN3O. The molecule has 2 aromatic heterocycles. The number of rotatable bonds is 2. The maximum absolute atomic E-state index is 6.10. The van der Waals surface area contributed by atoms with Crippen LogP contribution in [0.15, 0.2) is 47.2 Å². The van der Waals surface area contributed by atoms with E-state index in [1.165, 1.54) is 0 Å². The first kappa shape index (κ1) is 13.1. The lowest BCUT2D eigenvalue weighted by Crippen LogP contribution is -1.94. The first-order valence-electron chi connectivity index (χ1n) is 5.77. The summed E-state index contributed by atoms with van der Waals surface area (Å²) in [6.45, 7) is 0. The van der Waals surface area contributed by atoms with Crippen LogP contribution in [-0.2, 0) is 0 Å². The van der Waals surface area contributed by atoms with E-state index >= 15 is 0 Å². The van der Waals surface area contributed by atoms with Gasteiger partial charge in [-0.1, -0.05) is 11.6 Å². The van der Waals surface area contributed by atoms with Gasteiger partial charge in [-0.15, -0.1) is 0 Å². The molecule has 0 bridgehead atoms. The molecule has 20 heavy (non-hydrogen) atoms. The highest BCUT2D eigenvalue weighted by Gasteiger charge is 2.10. The number of halogens is 2. The molecule has 0 saturated carbocycles. The molecule has 2 heterocycles. The fourth-order valence-corrected chi connectivity index (χ4v) is 2.50. The van der Waals surface area contributed by atoms with Crippen molar-refractivity contribution in [3.05, 3.63) is 52.2 Å². The summed E-state index contributed by atoms with van der Waals surface area (Å²) in [6, 6.07) is 8.96. The number of nitrogens with two attached hydrogens (primary N) is 1. The van der Waals surface area contributed by atoms with Crippen molar-refractivity contribution in [3.63, 3.8) is 0 Å². The molecule has 0 aliphatic heterocycles. The van der Waals surface area contributed by atoms with Crippen LogP contribution in [0.2, 0.25) is 5.02 Å². The molecule has 0 spiro atoms. The van der Waals surface area contributed by atoms with Crippen molar-refractivity contribution >= 4 is 44.1 Å². The molecule has 6 heteroatoms. The van der Waals surface area contributed by atoms with E-state index < -0.39 is 0 Å². The van der Waals surface area contributed by atoms with E-state index in [0.29, 0.717) is 27.9 Å². The molecule has 0 fully saturated rings. The minimum Gasteiger partial charge on any atom is -0.435 e. The van der Waals surface area contributed by atoms with Crippen LogP contribution < -0.4 is 10.5 Å². The Hall–Kier alpha value is -1.85. The second-order valence-corrected chi connectivity index (χ2v) is 5.42. The highest BCUT2D eigenvalue weighted by atomic mass is 79.9. The molecule has 0 amide bonds. The first-order chi connectivity index (χ1) is 9.65. The monoisotopic (exact) mass is 349 g/mol. The zero-order valence-electron chi connectivity index (χ0n) is 10.2. The van der Waals surface area contributed by atoms with Crippen LogP contribution in [0.25, 0.3) is 10.9 Å². The Kier molecular flexibility index (Phi) is 3.46. The molecule has 0 aliphatic rings. The number of fused-ring (bicyclic) bond motifs is 1. The van der Waals surface area contributed by atoms with Crippen molar-refractivity contribution in [1.29, 1.82) is 0 Å². The van der Waals surface area contributed by atoms with Crippen molar-refractivity contribution in [1.82, 2.24) is 9.97 Å². The van der Waals surface area contributed by atoms with Gasteiger partial charge < -0.3 is 10.5 Å². The number of hydrogen-bond donors (Lipinski definition) is 1. The van der Waals surface area contributed by atoms with E-state index in [0.717, 1.165) is 9.86 Å². The normalized spacial score (nSPS) is 10.7. The molecule has 3 rings (SSSR count). The predicted molar refractivity (Wildman–Crippen MR) is 83.2 cm³/mol. The summed E-state index contributed by atoms with van der Waals surface area (Å²) in [4.78, 5) is 8.44. The molecule has 0 radical (unpaired) electrons. The number of pyridine rings is 2. The Morgan fingerprint density at radius 1 is 1.20 bits per heavy atom. The molecule has 100 valence electrons. The van der Waals surface area contributed by atoms with Gasteiger partial charge in [-0.3, -0.25) is 4.98 Å². The molecule has 0 atom stereocenters. The zero-order chi connectivity index (χ0) is 14.1. The second-order valence-electron chi connectivity index (χ2n) is 4.10. The average Bonchev–Trinajstić information content (AvgIpc) is 2.45. The third kappa shape index (κ3) is 2.42. The highest BCUT2D eigenvalue weighted by molar-refractivity contribution is 9.10. The third-order valence-electron chi connectivity index (χ3n) is 2.75. The van der Waals surface area contributed by atoms with Crippen LogP contribution in [0.4, 0.5) is 5.69 Å². The maximum atomic E-state index is 6.10. The number of benzene rings is 1. The minimum absolute atomic E-state index is 0.326. The summed E-state index contributed by atoms with van der Waals surface area (Å²) in [5.41, 5.74) is 7.25. The SMILES string of the molecule is Nc1ccc(Oc2ncc(Br)cc2Cl)c2ncccc12. The summed E-state index contributed by atoms with van der Waals surface area (Å²) in [6.07, 6.45) is 3.30. The summed E-state index contributed by atoms with van der Waals surface area (Å²) in [7, 11) is 0. The molecule has 4 nitrogen and oxygen atoms in total. The van der Waals surface area contributed by atoms with Crippen molar-refractivity contribution in [2.24, 2.45) is 0 Å². The lowest BCUT2D eigenvalue weighted by Gasteiger charge is -2.10. The van der Waals surface area contributed by atoms with Crippen LogP contribution in [0.5, 0.6) is 11.6 Å². The Bertz CT molecular complexity index is 794. The number of ether oxygens (including phenoxy) is 1. The van der Waals surface area contributed by atoms with Gasteiger partial charge in [-0.2, -0.15) is 0 Å². The Morgan fingerprint density at radius 2 is 2.05 bits per heavy atom. The number of aromatic nitrogens is 2. The van der Waals surface area contributed by atoms with Crippen molar-refractivity contribution in [2.45, 2.75) is 0 Å². The van der Waals surface area contributed by atoms with Crippen molar-refractivity contribution < 1.29 is 4.74 Å². The average molecular weight is 351 g/mol. The van der Waals surface area contributed by atoms with Crippen molar-refractivity contribution in [3.8, 4) is 11.6 Å². The van der Waals surface area contributed by atoms with Gasteiger partial charge in [0.25, 0.3) is 0 Å². The number of nitrogen functional groups attached to an aromatic ring is 1. The molecule has 1 aromatic carbocycles. The summed E-state index contributed by atoms with van der Waals surface area (Å²) in [5, 5.41) is 1.25. The Labute approximate surface area is 128 Å². The van der Waals surface area contributed by atoms with E-state index in [-0.39, 0.29) is 0 Å². The summed E-state index contributed by atoms with van der Waals surface area (Å²) in [5.74, 6) is 0.887. The van der Waals surface area contributed by atoms with Gasteiger partial charge in [0.2, 0.25) is 5.88 Å². The van der Waals surface area contributed by atoms with Crippen LogP contribution in [0.1, 0.15) is 0 Å². The molecule has 2 N–H and O–H groups in total. The minimum atomic E-state index is 0.326. The molecule has 0 aliphatic carbocycles. The molecule has 3 aromatic rings. The van der Waals surface area contributed by atoms with Gasteiger partial charge in [-0.25, -0.2) is 4.98 Å². The highest BCUT2D eigenvalue weighted by Crippen LogP contribution is 2.34. The van der Waals surface area contributed by atoms with Gasteiger partial charge in [-0.05, 0) is 46.3 Å². The number of hydrogen-bond acceptors (Lipinski definition) is 4. The third-order valence-corrected chi connectivity index (χ3v) is 3.45. The molecule has 0 saturated heterocycles. The fraction of sp³-hybridized carbons (Fsp3) is 0. The summed E-state index contributed by atoms with van der Waals surface area (Å²) < 4.78 is 6.54. The van der Waals surface area contributed by atoms with E-state index in [1.54, 1.807) is 30.6 Å². The van der Waals surface area contributed by atoms with E-state index in [4.69, 9.17) is 22.1 Å². The van der Waals surface area contributed by atoms with Gasteiger partial charge >= 0.3 is 0 Å². The van der Waals surface area contributed by atoms with Gasteiger partial charge in [0.05, 0.1) is 0 Å². The Balaban J connectivity index is 2.09. The van der Waals surface area contributed by atoms with Crippen LogP contribution >= 0.6 is 27.5 Å². The first-order valence-corrected chi connectivity index (χ1v) is 6.94. The number of anilines is 1. The van der Waals surface area contributed by atoms with Gasteiger partial charge in [0.15, 0.2) is 5.75 Å². The van der Waals surface area contributed by atoms with E-state index in [2.05, 4.69) is 25.9 Å². The fourth-order valence-electron chi connectivity index (χ4n) is 1.83. The van der Waals surface area contributed by atoms with Gasteiger partial charge in [0.1, 0.15) is 10.5 Å². The largest absolute Gasteiger partial charge is 0.435 e. The number of nitrogens with zero attached hydrogens (tertiary/aromatic N) is 2. The Morgan fingerprint density at radius 3 is 2.85 bits per heavy atom. The lowest BCUT2D eigenvalue weighted by atomic mass is 10.2. The summed E-state index contributed by atoms with van der Waals surface area (Å²) >= 11 is 9.40.